The Morgan fingerprint density at radius 2 is 2.10 bits per heavy atom. The SMILES string of the molecule is CNCC1CCN(Cc2ccc([N+](=O)[O-])cc2F)CC1.Cl. The second-order valence-corrected chi connectivity index (χ2v) is 5.31. The van der Waals surface area contributed by atoms with E-state index >= 15 is 0 Å². The van der Waals surface area contributed by atoms with Crippen LogP contribution in [0.15, 0.2) is 18.2 Å². The van der Waals surface area contributed by atoms with Gasteiger partial charge in [-0.25, -0.2) is 4.39 Å². The Morgan fingerprint density at radius 3 is 2.62 bits per heavy atom. The number of nitro benzene ring substituents is 1. The maximum atomic E-state index is 13.8. The van der Waals surface area contributed by atoms with Crippen molar-refractivity contribution < 1.29 is 9.31 Å². The van der Waals surface area contributed by atoms with Crippen LogP contribution in [0.5, 0.6) is 0 Å². The molecule has 2 rings (SSSR count). The monoisotopic (exact) mass is 317 g/mol. The van der Waals surface area contributed by atoms with Gasteiger partial charge in [-0.15, -0.1) is 12.4 Å². The van der Waals surface area contributed by atoms with E-state index in [1.54, 1.807) is 0 Å². The lowest BCUT2D eigenvalue weighted by atomic mass is 9.96. The lowest BCUT2D eigenvalue weighted by molar-refractivity contribution is -0.385. The molecule has 1 fully saturated rings. The third-order valence-electron chi connectivity index (χ3n) is 3.84. The molecule has 118 valence electrons. The Bertz CT molecular complexity index is 479. The highest BCUT2D eigenvalue weighted by Crippen LogP contribution is 2.21. The van der Waals surface area contributed by atoms with Gasteiger partial charge in [0.1, 0.15) is 5.82 Å². The minimum absolute atomic E-state index is 0. The molecular weight excluding hydrogens is 297 g/mol. The van der Waals surface area contributed by atoms with E-state index in [0.29, 0.717) is 18.0 Å². The quantitative estimate of drug-likeness (QED) is 0.670. The van der Waals surface area contributed by atoms with Crippen molar-refractivity contribution in [2.45, 2.75) is 19.4 Å². The normalized spacial score (nSPS) is 16.5. The molecule has 0 bridgehead atoms. The van der Waals surface area contributed by atoms with Crippen LogP contribution in [0.1, 0.15) is 18.4 Å². The zero-order chi connectivity index (χ0) is 14.5. The minimum Gasteiger partial charge on any atom is -0.319 e. The molecule has 1 N–H and O–H groups in total. The number of non-ortho nitro benzene ring substituents is 1. The van der Waals surface area contributed by atoms with Gasteiger partial charge in [0.05, 0.1) is 11.0 Å². The second-order valence-electron chi connectivity index (χ2n) is 5.31. The second kappa shape index (κ2) is 8.26. The largest absolute Gasteiger partial charge is 0.319 e. The molecule has 1 aromatic carbocycles. The first kappa shape index (κ1) is 17.8. The first-order valence-electron chi connectivity index (χ1n) is 6.90. The van der Waals surface area contributed by atoms with Crippen molar-refractivity contribution in [3.05, 3.63) is 39.7 Å². The number of rotatable bonds is 5. The van der Waals surface area contributed by atoms with E-state index < -0.39 is 10.7 Å². The summed E-state index contributed by atoms with van der Waals surface area (Å²) in [6.45, 7) is 3.45. The van der Waals surface area contributed by atoms with E-state index in [4.69, 9.17) is 0 Å². The molecule has 1 aliphatic rings. The van der Waals surface area contributed by atoms with E-state index in [2.05, 4.69) is 10.2 Å². The summed E-state index contributed by atoms with van der Waals surface area (Å²) in [5.41, 5.74) is 0.335. The zero-order valence-electron chi connectivity index (χ0n) is 12.0. The van der Waals surface area contributed by atoms with Gasteiger partial charge in [0.2, 0.25) is 0 Å². The van der Waals surface area contributed by atoms with Gasteiger partial charge in [0.15, 0.2) is 0 Å². The highest BCUT2D eigenvalue weighted by molar-refractivity contribution is 5.85. The fraction of sp³-hybridized carbons (Fsp3) is 0.571. The minimum atomic E-state index is -0.573. The van der Waals surface area contributed by atoms with Gasteiger partial charge in [0.25, 0.3) is 5.69 Å². The highest BCUT2D eigenvalue weighted by Gasteiger charge is 2.20. The average molecular weight is 318 g/mol. The number of halogens is 2. The van der Waals surface area contributed by atoms with E-state index in [1.807, 2.05) is 7.05 Å². The summed E-state index contributed by atoms with van der Waals surface area (Å²) in [7, 11) is 1.96. The predicted octanol–water partition coefficient (Wildman–Crippen LogP) is 2.59. The zero-order valence-corrected chi connectivity index (χ0v) is 12.9. The third-order valence-corrected chi connectivity index (χ3v) is 3.84. The molecular formula is C14H21ClFN3O2. The van der Waals surface area contributed by atoms with Gasteiger partial charge in [-0.3, -0.25) is 15.0 Å². The van der Waals surface area contributed by atoms with E-state index in [9.17, 15) is 14.5 Å². The maximum Gasteiger partial charge on any atom is 0.272 e. The van der Waals surface area contributed by atoms with Crippen LogP contribution in [0.3, 0.4) is 0 Å². The van der Waals surface area contributed by atoms with E-state index in [0.717, 1.165) is 38.5 Å². The Morgan fingerprint density at radius 1 is 1.43 bits per heavy atom. The first-order chi connectivity index (χ1) is 9.60. The maximum absolute atomic E-state index is 13.8. The fourth-order valence-electron chi connectivity index (χ4n) is 2.66. The lowest BCUT2D eigenvalue weighted by Crippen LogP contribution is -2.36. The third kappa shape index (κ3) is 4.91. The molecule has 1 aliphatic heterocycles. The molecule has 21 heavy (non-hydrogen) atoms. The molecule has 1 heterocycles. The van der Waals surface area contributed by atoms with Crippen LogP contribution >= 0.6 is 12.4 Å². The van der Waals surface area contributed by atoms with Gasteiger partial charge in [-0.05, 0) is 51.5 Å². The average Bonchev–Trinajstić information content (AvgIpc) is 2.43. The molecule has 0 atom stereocenters. The summed E-state index contributed by atoms with van der Waals surface area (Å²) in [6, 6.07) is 3.89. The van der Waals surface area contributed by atoms with Gasteiger partial charge in [0, 0.05) is 18.2 Å². The van der Waals surface area contributed by atoms with Crippen molar-refractivity contribution in [3.8, 4) is 0 Å². The smallest absolute Gasteiger partial charge is 0.272 e. The van der Waals surface area contributed by atoms with E-state index in [-0.39, 0.29) is 18.1 Å². The standard InChI is InChI=1S/C14H20FN3O2.ClH/c1-16-9-11-4-6-17(7-5-11)10-12-2-3-13(18(19)20)8-14(12)15;/h2-3,8,11,16H,4-7,9-10H2,1H3;1H. The van der Waals surface area contributed by atoms with Crippen LogP contribution in [0.25, 0.3) is 0 Å². The number of nitrogens with zero attached hydrogens (tertiary/aromatic N) is 2. The number of piperidine rings is 1. The van der Waals surface area contributed by atoms with Gasteiger partial charge in [-0.1, -0.05) is 0 Å². The molecule has 0 radical (unpaired) electrons. The van der Waals surface area contributed by atoms with Crippen molar-refractivity contribution in [2.24, 2.45) is 5.92 Å². The Kier molecular flexibility index (Phi) is 7.01. The van der Waals surface area contributed by atoms with Crippen LogP contribution in [-0.4, -0.2) is 36.5 Å². The number of nitrogens with one attached hydrogen (secondary N) is 1. The predicted molar refractivity (Wildman–Crippen MR) is 82.2 cm³/mol. The van der Waals surface area contributed by atoms with E-state index in [1.165, 1.54) is 12.1 Å². The molecule has 0 amide bonds. The van der Waals surface area contributed by atoms with Crippen LogP contribution in [0.2, 0.25) is 0 Å². The fourth-order valence-corrected chi connectivity index (χ4v) is 2.66. The number of benzene rings is 1. The Hall–Kier alpha value is -1.24. The van der Waals surface area contributed by atoms with Gasteiger partial charge < -0.3 is 5.32 Å². The Balaban J connectivity index is 0.00000220. The molecule has 0 unspecified atom stereocenters. The summed E-state index contributed by atoms with van der Waals surface area (Å²) in [6.07, 6.45) is 2.21. The molecule has 0 saturated carbocycles. The first-order valence-corrected chi connectivity index (χ1v) is 6.90. The van der Waals surface area contributed by atoms with Crippen molar-refractivity contribution >= 4 is 18.1 Å². The molecule has 0 spiro atoms. The summed E-state index contributed by atoms with van der Waals surface area (Å²) in [5.74, 6) is 0.203. The summed E-state index contributed by atoms with van der Waals surface area (Å²) < 4.78 is 13.8. The highest BCUT2D eigenvalue weighted by atomic mass is 35.5. The summed E-state index contributed by atoms with van der Waals surface area (Å²) in [4.78, 5) is 12.2. The molecule has 1 aromatic rings. The van der Waals surface area contributed by atoms with Gasteiger partial charge in [-0.2, -0.15) is 0 Å². The number of likely N-dealkylation sites (tertiary alicyclic amines) is 1. The van der Waals surface area contributed by atoms with Crippen molar-refractivity contribution in [1.29, 1.82) is 0 Å². The van der Waals surface area contributed by atoms with Crippen molar-refractivity contribution in [3.63, 3.8) is 0 Å². The van der Waals surface area contributed by atoms with Crippen molar-refractivity contribution in [1.82, 2.24) is 10.2 Å². The molecule has 7 heteroatoms. The Labute approximate surface area is 130 Å². The van der Waals surface area contributed by atoms with Crippen LogP contribution in [-0.2, 0) is 6.54 Å². The summed E-state index contributed by atoms with van der Waals surface area (Å²) in [5, 5.41) is 13.8. The topological polar surface area (TPSA) is 58.4 Å². The number of nitro groups is 1. The molecule has 0 aromatic heterocycles. The molecule has 5 nitrogen and oxygen atoms in total. The van der Waals surface area contributed by atoms with Crippen molar-refractivity contribution in [2.75, 3.05) is 26.7 Å². The van der Waals surface area contributed by atoms with Crippen LogP contribution < -0.4 is 5.32 Å². The number of hydrogen-bond donors (Lipinski definition) is 1. The molecule has 1 saturated heterocycles. The van der Waals surface area contributed by atoms with Crippen LogP contribution in [0.4, 0.5) is 10.1 Å². The molecule has 0 aliphatic carbocycles. The lowest BCUT2D eigenvalue weighted by Gasteiger charge is -2.31. The van der Waals surface area contributed by atoms with Gasteiger partial charge >= 0.3 is 0 Å². The van der Waals surface area contributed by atoms with Crippen LogP contribution in [0, 0.1) is 21.8 Å². The number of hydrogen-bond acceptors (Lipinski definition) is 4. The summed E-state index contributed by atoms with van der Waals surface area (Å²) >= 11 is 0.